The zero-order valence-electron chi connectivity index (χ0n) is 8.59. The van der Waals surface area contributed by atoms with Gasteiger partial charge in [0.15, 0.2) is 0 Å². The minimum Gasteiger partial charge on any atom is -0.336 e. The Bertz CT molecular complexity index is 202. The molecule has 0 aromatic rings. The van der Waals surface area contributed by atoms with Gasteiger partial charge < -0.3 is 15.5 Å². The second-order valence-corrected chi connectivity index (χ2v) is 4.20. The first-order valence-corrected chi connectivity index (χ1v) is 5.60. The summed E-state index contributed by atoms with van der Waals surface area (Å²) in [4.78, 5) is 13.2. The maximum atomic E-state index is 11.2. The molecular formula is C10H19N3O. The zero-order valence-corrected chi connectivity index (χ0v) is 8.59. The summed E-state index contributed by atoms with van der Waals surface area (Å²) >= 11 is 0. The molecule has 0 atom stereocenters. The Morgan fingerprint density at radius 3 is 2.71 bits per heavy atom. The Kier molecular flexibility index (Phi) is 3.24. The van der Waals surface area contributed by atoms with Gasteiger partial charge in [0.2, 0.25) is 0 Å². The van der Waals surface area contributed by atoms with Crippen molar-refractivity contribution in [1.29, 1.82) is 0 Å². The fraction of sp³-hybridized carbons (Fsp3) is 0.900. The molecule has 0 unspecified atom stereocenters. The van der Waals surface area contributed by atoms with Crippen molar-refractivity contribution in [3.8, 4) is 0 Å². The number of hydrogen-bond acceptors (Lipinski definition) is 2. The van der Waals surface area contributed by atoms with E-state index in [9.17, 15) is 4.79 Å². The van der Waals surface area contributed by atoms with Crippen molar-refractivity contribution in [1.82, 2.24) is 15.5 Å². The summed E-state index contributed by atoms with van der Waals surface area (Å²) in [6.07, 6.45) is 3.72. The monoisotopic (exact) mass is 197 g/mol. The van der Waals surface area contributed by atoms with E-state index < -0.39 is 0 Å². The Morgan fingerprint density at radius 2 is 2.07 bits per heavy atom. The summed E-state index contributed by atoms with van der Waals surface area (Å²) in [5.41, 5.74) is 0. The molecule has 2 saturated heterocycles. The number of carbonyl (C=O) groups excluding carboxylic acids is 1. The Morgan fingerprint density at radius 1 is 1.29 bits per heavy atom. The van der Waals surface area contributed by atoms with E-state index in [4.69, 9.17) is 0 Å². The second kappa shape index (κ2) is 4.64. The number of urea groups is 1. The molecule has 0 aliphatic carbocycles. The highest BCUT2D eigenvalue weighted by atomic mass is 16.2. The van der Waals surface area contributed by atoms with Crippen LogP contribution in [0.1, 0.15) is 19.3 Å². The topological polar surface area (TPSA) is 44.4 Å². The van der Waals surface area contributed by atoms with E-state index >= 15 is 0 Å². The smallest absolute Gasteiger partial charge is 0.317 e. The number of piperidine rings is 1. The van der Waals surface area contributed by atoms with E-state index in [0.29, 0.717) is 0 Å². The summed E-state index contributed by atoms with van der Waals surface area (Å²) in [6, 6.07) is 0.124. The summed E-state index contributed by atoms with van der Waals surface area (Å²) < 4.78 is 0. The molecule has 0 saturated carbocycles. The number of rotatable bonds is 3. The predicted molar refractivity (Wildman–Crippen MR) is 55.2 cm³/mol. The van der Waals surface area contributed by atoms with Crippen molar-refractivity contribution in [3.05, 3.63) is 0 Å². The number of nitrogens with one attached hydrogen (secondary N) is 2. The second-order valence-electron chi connectivity index (χ2n) is 4.20. The SMILES string of the molecule is O=C1NCCN1CCC1CCNCC1. The molecule has 0 spiro atoms. The van der Waals surface area contributed by atoms with Gasteiger partial charge in [-0.05, 0) is 38.3 Å². The van der Waals surface area contributed by atoms with Crippen molar-refractivity contribution in [2.75, 3.05) is 32.7 Å². The fourth-order valence-electron chi connectivity index (χ4n) is 2.23. The van der Waals surface area contributed by atoms with E-state index in [2.05, 4.69) is 10.6 Å². The first kappa shape index (κ1) is 9.77. The van der Waals surface area contributed by atoms with E-state index in [1.807, 2.05) is 4.90 Å². The molecule has 0 radical (unpaired) electrons. The molecule has 2 N–H and O–H groups in total. The van der Waals surface area contributed by atoms with Gasteiger partial charge >= 0.3 is 6.03 Å². The number of amides is 2. The first-order valence-electron chi connectivity index (χ1n) is 5.60. The molecule has 0 bridgehead atoms. The number of carbonyl (C=O) groups is 1. The summed E-state index contributed by atoms with van der Waals surface area (Å²) in [5.74, 6) is 0.824. The van der Waals surface area contributed by atoms with Crippen LogP contribution in [0.2, 0.25) is 0 Å². The lowest BCUT2D eigenvalue weighted by Crippen LogP contribution is -2.33. The lowest BCUT2D eigenvalue weighted by Gasteiger charge is -2.24. The molecule has 0 aromatic heterocycles. The lowest BCUT2D eigenvalue weighted by atomic mass is 9.94. The van der Waals surface area contributed by atoms with Crippen molar-refractivity contribution in [2.24, 2.45) is 5.92 Å². The standard InChI is InChI=1S/C10H19N3O/c14-10-12-6-8-13(10)7-3-9-1-4-11-5-2-9/h9,11H,1-8H2,(H,12,14). The van der Waals surface area contributed by atoms with Crippen LogP contribution in [0.5, 0.6) is 0 Å². The molecule has 2 aliphatic heterocycles. The molecule has 2 heterocycles. The van der Waals surface area contributed by atoms with Crippen LogP contribution in [0.25, 0.3) is 0 Å². The predicted octanol–water partition coefficient (Wildman–Crippen LogP) is 0.401. The molecule has 4 heteroatoms. The van der Waals surface area contributed by atoms with E-state index in [-0.39, 0.29) is 6.03 Å². The van der Waals surface area contributed by atoms with Crippen LogP contribution in [-0.2, 0) is 0 Å². The highest BCUT2D eigenvalue weighted by Gasteiger charge is 2.21. The molecule has 2 rings (SSSR count). The van der Waals surface area contributed by atoms with Gasteiger partial charge in [0, 0.05) is 19.6 Å². The fourth-order valence-corrected chi connectivity index (χ4v) is 2.23. The molecular weight excluding hydrogens is 178 g/mol. The maximum absolute atomic E-state index is 11.2. The summed E-state index contributed by atoms with van der Waals surface area (Å²) in [6.45, 7) is 4.96. The Balaban J connectivity index is 1.68. The average Bonchev–Trinajstić information content (AvgIpc) is 2.63. The third-order valence-electron chi connectivity index (χ3n) is 3.21. The zero-order chi connectivity index (χ0) is 9.80. The van der Waals surface area contributed by atoms with Crippen LogP contribution in [0, 0.1) is 5.92 Å². The van der Waals surface area contributed by atoms with E-state index in [1.54, 1.807) is 0 Å². The van der Waals surface area contributed by atoms with Gasteiger partial charge in [0.1, 0.15) is 0 Å². The number of nitrogens with zero attached hydrogens (tertiary/aromatic N) is 1. The Hall–Kier alpha value is -0.770. The highest BCUT2D eigenvalue weighted by molar-refractivity contribution is 5.76. The van der Waals surface area contributed by atoms with Crippen LogP contribution in [0.4, 0.5) is 4.79 Å². The molecule has 4 nitrogen and oxygen atoms in total. The van der Waals surface area contributed by atoms with E-state index in [0.717, 1.165) is 38.6 Å². The number of hydrogen-bond donors (Lipinski definition) is 2. The van der Waals surface area contributed by atoms with Gasteiger partial charge in [-0.3, -0.25) is 0 Å². The van der Waals surface area contributed by atoms with Crippen molar-refractivity contribution in [2.45, 2.75) is 19.3 Å². The van der Waals surface area contributed by atoms with Crippen molar-refractivity contribution >= 4 is 6.03 Å². The summed E-state index contributed by atoms with van der Waals surface area (Å²) in [7, 11) is 0. The minimum atomic E-state index is 0.124. The molecule has 2 fully saturated rings. The van der Waals surface area contributed by atoms with Gasteiger partial charge in [-0.25, -0.2) is 4.79 Å². The maximum Gasteiger partial charge on any atom is 0.317 e. The van der Waals surface area contributed by atoms with Gasteiger partial charge in [-0.2, -0.15) is 0 Å². The largest absolute Gasteiger partial charge is 0.336 e. The lowest BCUT2D eigenvalue weighted by molar-refractivity contribution is 0.211. The first-order chi connectivity index (χ1) is 6.86. The molecule has 14 heavy (non-hydrogen) atoms. The third kappa shape index (κ3) is 2.38. The van der Waals surface area contributed by atoms with Gasteiger partial charge in [0.25, 0.3) is 0 Å². The quantitative estimate of drug-likeness (QED) is 0.688. The van der Waals surface area contributed by atoms with Gasteiger partial charge in [0.05, 0.1) is 0 Å². The molecule has 0 aromatic carbocycles. The van der Waals surface area contributed by atoms with Gasteiger partial charge in [-0.15, -0.1) is 0 Å². The minimum absolute atomic E-state index is 0.124. The van der Waals surface area contributed by atoms with Gasteiger partial charge in [-0.1, -0.05) is 0 Å². The molecule has 2 amide bonds. The van der Waals surface area contributed by atoms with Crippen LogP contribution in [-0.4, -0.2) is 43.7 Å². The van der Waals surface area contributed by atoms with Crippen molar-refractivity contribution in [3.63, 3.8) is 0 Å². The average molecular weight is 197 g/mol. The van der Waals surface area contributed by atoms with E-state index in [1.165, 1.54) is 19.3 Å². The van der Waals surface area contributed by atoms with Crippen molar-refractivity contribution < 1.29 is 4.79 Å². The summed E-state index contributed by atoms with van der Waals surface area (Å²) in [5, 5.41) is 6.19. The molecule has 2 aliphatic rings. The van der Waals surface area contributed by atoms with Crippen LogP contribution in [0.15, 0.2) is 0 Å². The third-order valence-corrected chi connectivity index (χ3v) is 3.21. The van der Waals surface area contributed by atoms with Crippen LogP contribution < -0.4 is 10.6 Å². The normalized spacial score (nSPS) is 24.0. The Labute approximate surface area is 85.0 Å². The van der Waals surface area contributed by atoms with Crippen LogP contribution >= 0.6 is 0 Å². The van der Waals surface area contributed by atoms with Crippen LogP contribution in [0.3, 0.4) is 0 Å². The molecule has 80 valence electrons. The highest BCUT2D eigenvalue weighted by Crippen LogP contribution is 2.16.